The third kappa shape index (κ3) is 4.19. The molecule has 5 heteroatoms. The van der Waals surface area contributed by atoms with Crippen LogP contribution in [0.5, 0.6) is 5.75 Å². The third-order valence-electron chi connectivity index (χ3n) is 11.5. The zero-order valence-electron chi connectivity index (χ0n) is 23.8. The Bertz CT molecular complexity index is 1080. The van der Waals surface area contributed by atoms with Crippen LogP contribution in [0.25, 0.3) is 0 Å². The van der Waals surface area contributed by atoms with Gasteiger partial charge in [0.05, 0.1) is 13.2 Å². The van der Waals surface area contributed by atoms with Gasteiger partial charge in [0.25, 0.3) is 0 Å². The van der Waals surface area contributed by atoms with Gasteiger partial charge in [-0.05, 0) is 91.1 Å². The highest BCUT2D eigenvalue weighted by atomic mass is 28.4. The number of ether oxygens (including phenoxy) is 2. The fourth-order valence-electron chi connectivity index (χ4n) is 8.47. The zero-order chi connectivity index (χ0) is 26.2. The molecule has 1 spiro atoms. The molecule has 1 heterocycles. The predicted molar refractivity (Wildman–Crippen MR) is 149 cm³/mol. The monoisotopic (exact) mass is 522 g/mol. The van der Waals surface area contributed by atoms with Crippen LogP contribution in [-0.2, 0) is 14.3 Å². The largest absolute Gasteiger partial charge is 0.544 e. The van der Waals surface area contributed by atoms with Crippen LogP contribution in [0.2, 0.25) is 18.1 Å². The van der Waals surface area contributed by atoms with Gasteiger partial charge < -0.3 is 13.9 Å². The SMILES string of the molecule is CC(C)(C)[Si](C)(C)Oc1ccc([C@H]2C[C@]3(C)C(=O)CC[C@H]3[C@@H]3CC=C4CC5(CC[C@@H]4[C@H]32)OCCO5)cc1. The smallest absolute Gasteiger partial charge is 0.250 e. The van der Waals surface area contributed by atoms with E-state index in [2.05, 4.69) is 71.1 Å². The van der Waals surface area contributed by atoms with Crippen molar-refractivity contribution in [2.45, 2.75) is 102 Å². The van der Waals surface area contributed by atoms with Crippen molar-refractivity contribution >= 4 is 14.1 Å². The van der Waals surface area contributed by atoms with E-state index in [1.807, 2.05) is 0 Å². The molecule has 1 saturated heterocycles. The first-order valence-corrected chi connectivity index (χ1v) is 17.6. The average molecular weight is 523 g/mol. The van der Waals surface area contributed by atoms with E-state index in [4.69, 9.17) is 13.9 Å². The lowest BCUT2D eigenvalue weighted by atomic mass is 9.48. The molecular formula is C32H46O4Si. The van der Waals surface area contributed by atoms with Crippen molar-refractivity contribution in [3.05, 3.63) is 41.5 Å². The molecule has 0 amide bonds. The van der Waals surface area contributed by atoms with Crippen molar-refractivity contribution in [3.63, 3.8) is 0 Å². The molecule has 4 nitrogen and oxygen atoms in total. The van der Waals surface area contributed by atoms with E-state index < -0.39 is 8.32 Å². The van der Waals surface area contributed by atoms with Gasteiger partial charge in [0.15, 0.2) is 5.79 Å². The molecule has 1 aliphatic heterocycles. The average Bonchev–Trinajstić information content (AvgIpc) is 3.41. The molecule has 1 aromatic carbocycles. The van der Waals surface area contributed by atoms with E-state index >= 15 is 0 Å². The van der Waals surface area contributed by atoms with Gasteiger partial charge >= 0.3 is 0 Å². The van der Waals surface area contributed by atoms with Crippen molar-refractivity contribution in [1.29, 1.82) is 0 Å². The maximum Gasteiger partial charge on any atom is 0.250 e. The number of carbonyl (C=O) groups is 1. The molecular weight excluding hydrogens is 476 g/mol. The second kappa shape index (κ2) is 8.79. The van der Waals surface area contributed by atoms with Gasteiger partial charge in [0.1, 0.15) is 11.5 Å². The minimum absolute atomic E-state index is 0.171. The van der Waals surface area contributed by atoms with Gasteiger partial charge in [0, 0.05) is 24.7 Å². The van der Waals surface area contributed by atoms with Crippen molar-refractivity contribution in [3.8, 4) is 5.75 Å². The summed E-state index contributed by atoms with van der Waals surface area (Å²) in [4.78, 5) is 13.3. The number of hydrogen-bond acceptors (Lipinski definition) is 4. The fraction of sp³-hybridized carbons (Fsp3) is 0.719. The Hall–Kier alpha value is -1.43. The van der Waals surface area contributed by atoms with Crippen LogP contribution in [0.1, 0.15) is 84.1 Å². The Balaban J connectivity index is 1.32. The van der Waals surface area contributed by atoms with Crippen LogP contribution in [0, 0.1) is 29.1 Å². The van der Waals surface area contributed by atoms with Gasteiger partial charge in [0.2, 0.25) is 8.32 Å². The summed E-state index contributed by atoms with van der Waals surface area (Å²) in [5.74, 6) is 3.80. The van der Waals surface area contributed by atoms with Gasteiger partial charge in [-0.15, -0.1) is 0 Å². The van der Waals surface area contributed by atoms with Crippen molar-refractivity contribution in [2.24, 2.45) is 29.1 Å². The van der Waals surface area contributed by atoms with Crippen LogP contribution >= 0.6 is 0 Å². The number of fused-ring (bicyclic) bond motifs is 5. The highest BCUT2D eigenvalue weighted by Gasteiger charge is 2.60. The number of ketones is 1. The standard InChI is InChI=1S/C32H46O4Si/c1-30(2,3)37(5,6)36-23-10-7-21(8-11-23)26-20-31(4)27(13-14-28(31)33)25-12-9-22-19-32(34-17-18-35-32)16-15-24(22)29(25)26/h7-11,24-27,29H,12-20H2,1-6H3/t24-,25-,26+,27-,29+,31-/m0/s1. The van der Waals surface area contributed by atoms with Crippen molar-refractivity contribution < 1.29 is 18.7 Å². The van der Waals surface area contributed by atoms with E-state index in [9.17, 15) is 4.79 Å². The van der Waals surface area contributed by atoms with E-state index in [0.717, 1.165) is 63.9 Å². The molecule has 4 aliphatic carbocycles. The van der Waals surface area contributed by atoms with E-state index in [1.165, 1.54) is 5.56 Å². The number of Topliss-reactive ketones (excluding diaryl/α,β-unsaturated/α-hetero) is 1. The van der Waals surface area contributed by atoms with E-state index in [-0.39, 0.29) is 16.2 Å². The third-order valence-corrected chi connectivity index (χ3v) is 15.8. The van der Waals surface area contributed by atoms with Crippen LogP contribution in [0.3, 0.4) is 0 Å². The molecule has 1 aromatic rings. The summed E-state index contributed by atoms with van der Waals surface area (Å²) in [5, 5.41) is 0.171. The van der Waals surface area contributed by atoms with Gasteiger partial charge in [-0.1, -0.05) is 51.5 Å². The van der Waals surface area contributed by atoms with Crippen LogP contribution in [-0.4, -0.2) is 33.1 Å². The normalized spacial score (nSPS) is 37.1. The number of allylic oxidation sites excluding steroid dienone is 1. The van der Waals surface area contributed by atoms with E-state index in [1.54, 1.807) is 5.57 Å². The second-order valence-corrected chi connectivity index (χ2v) is 19.1. The molecule has 4 fully saturated rings. The van der Waals surface area contributed by atoms with Crippen molar-refractivity contribution in [2.75, 3.05) is 13.2 Å². The highest BCUT2D eigenvalue weighted by molar-refractivity contribution is 6.74. The molecule has 202 valence electrons. The number of hydrogen-bond donors (Lipinski definition) is 0. The minimum Gasteiger partial charge on any atom is -0.544 e. The Morgan fingerprint density at radius 1 is 1.03 bits per heavy atom. The van der Waals surface area contributed by atoms with Crippen molar-refractivity contribution in [1.82, 2.24) is 0 Å². The first kappa shape index (κ1) is 25.8. The van der Waals surface area contributed by atoms with Gasteiger partial charge in [-0.25, -0.2) is 0 Å². The van der Waals surface area contributed by atoms with E-state index in [0.29, 0.717) is 35.4 Å². The van der Waals surface area contributed by atoms with Crippen LogP contribution < -0.4 is 4.43 Å². The number of benzene rings is 1. The molecule has 0 bridgehead atoms. The topological polar surface area (TPSA) is 44.8 Å². The predicted octanol–water partition coefficient (Wildman–Crippen LogP) is 7.65. The molecule has 5 aliphatic rings. The summed E-state index contributed by atoms with van der Waals surface area (Å²) >= 11 is 0. The Morgan fingerprint density at radius 2 is 1.73 bits per heavy atom. The maximum atomic E-state index is 13.3. The molecule has 0 radical (unpaired) electrons. The lowest BCUT2D eigenvalue weighted by Gasteiger charge is -2.56. The molecule has 0 aromatic heterocycles. The summed E-state index contributed by atoms with van der Waals surface area (Å²) in [6, 6.07) is 9.04. The van der Waals surface area contributed by atoms with Gasteiger partial charge in [-0.2, -0.15) is 0 Å². The highest BCUT2D eigenvalue weighted by Crippen LogP contribution is 2.65. The Kier molecular flexibility index (Phi) is 6.13. The quantitative estimate of drug-likeness (QED) is 0.302. The first-order chi connectivity index (χ1) is 17.4. The molecule has 6 atom stereocenters. The molecule has 0 N–H and O–H groups in total. The number of carbonyl (C=O) groups excluding carboxylic acids is 1. The summed E-state index contributed by atoms with van der Waals surface area (Å²) < 4.78 is 18.9. The maximum absolute atomic E-state index is 13.3. The second-order valence-electron chi connectivity index (χ2n) is 14.4. The summed E-state index contributed by atoms with van der Waals surface area (Å²) in [7, 11) is -1.88. The molecule has 37 heavy (non-hydrogen) atoms. The summed E-state index contributed by atoms with van der Waals surface area (Å²) in [5.41, 5.74) is 2.78. The lowest BCUT2D eigenvalue weighted by molar-refractivity contribution is -0.176. The summed E-state index contributed by atoms with van der Waals surface area (Å²) in [6.07, 6.45) is 9.51. The molecule has 3 saturated carbocycles. The van der Waals surface area contributed by atoms with Crippen LogP contribution in [0.15, 0.2) is 35.9 Å². The molecule has 6 rings (SSSR count). The Labute approximate surface area is 224 Å². The first-order valence-electron chi connectivity index (χ1n) is 14.7. The fourth-order valence-corrected chi connectivity index (χ4v) is 9.50. The Morgan fingerprint density at radius 3 is 2.41 bits per heavy atom. The minimum atomic E-state index is -1.88. The molecule has 0 unspecified atom stereocenters. The lowest BCUT2D eigenvalue weighted by Crippen LogP contribution is -2.51. The summed E-state index contributed by atoms with van der Waals surface area (Å²) in [6.45, 7) is 15.2. The van der Waals surface area contributed by atoms with Gasteiger partial charge in [-0.3, -0.25) is 4.79 Å². The zero-order valence-corrected chi connectivity index (χ0v) is 24.8. The van der Waals surface area contributed by atoms with Crippen LogP contribution in [0.4, 0.5) is 0 Å². The number of rotatable bonds is 3.